The third-order valence-corrected chi connectivity index (χ3v) is 3.14. The van der Waals surface area contributed by atoms with Gasteiger partial charge in [0.05, 0.1) is 18.8 Å². The number of carbonyl (C=O) groups is 1. The van der Waals surface area contributed by atoms with Gasteiger partial charge in [-0.25, -0.2) is 0 Å². The molecule has 0 aliphatic carbocycles. The Morgan fingerprint density at radius 3 is 2.73 bits per heavy atom. The summed E-state index contributed by atoms with van der Waals surface area (Å²) in [6.45, 7) is 6.96. The van der Waals surface area contributed by atoms with Crippen LogP contribution in [0.3, 0.4) is 0 Å². The standard InChI is InChI=1S/C11H17NO3/c1-2-10(13)12-5-8-15-11(9-12)3-6-14-7-4-11/h2H,1,3-9H2. The third kappa shape index (κ3) is 2.21. The molecule has 1 amide bonds. The molecule has 2 heterocycles. The van der Waals surface area contributed by atoms with Crippen molar-refractivity contribution in [2.75, 3.05) is 32.9 Å². The van der Waals surface area contributed by atoms with Crippen molar-refractivity contribution in [2.24, 2.45) is 0 Å². The van der Waals surface area contributed by atoms with Gasteiger partial charge in [-0.2, -0.15) is 0 Å². The number of ether oxygens (including phenoxy) is 2. The molecule has 2 saturated heterocycles. The second-order valence-corrected chi connectivity index (χ2v) is 4.11. The lowest BCUT2D eigenvalue weighted by molar-refractivity contribution is -0.164. The highest BCUT2D eigenvalue weighted by atomic mass is 16.5. The van der Waals surface area contributed by atoms with Gasteiger partial charge in [-0.05, 0) is 6.08 Å². The van der Waals surface area contributed by atoms with Crippen molar-refractivity contribution >= 4 is 5.91 Å². The van der Waals surface area contributed by atoms with E-state index >= 15 is 0 Å². The van der Waals surface area contributed by atoms with E-state index in [1.54, 1.807) is 0 Å². The van der Waals surface area contributed by atoms with Crippen LogP contribution >= 0.6 is 0 Å². The van der Waals surface area contributed by atoms with E-state index in [4.69, 9.17) is 9.47 Å². The number of morpholine rings is 1. The van der Waals surface area contributed by atoms with E-state index in [0.717, 1.165) is 26.1 Å². The van der Waals surface area contributed by atoms with E-state index < -0.39 is 0 Å². The number of carbonyl (C=O) groups excluding carboxylic acids is 1. The van der Waals surface area contributed by atoms with Crippen LogP contribution in [0.2, 0.25) is 0 Å². The summed E-state index contributed by atoms with van der Waals surface area (Å²) in [6, 6.07) is 0. The quantitative estimate of drug-likeness (QED) is 0.595. The Kier molecular flexibility index (Phi) is 3.07. The molecule has 15 heavy (non-hydrogen) atoms. The van der Waals surface area contributed by atoms with Gasteiger partial charge in [-0.1, -0.05) is 6.58 Å². The van der Waals surface area contributed by atoms with E-state index in [2.05, 4.69) is 6.58 Å². The molecule has 0 N–H and O–H groups in total. The van der Waals surface area contributed by atoms with Crippen LogP contribution in [0.5, 0.6) is 0 Å². The summed E-state index contributed by atoms with van der Waals surface area (Å²) in [4.78, 5) is 13.3. The molecule has 2 fully saturated rings. The molecular weight excluding hydrogens is 194 g/mol. The summed E-state index contributed by atoms with van der Waals surface area (Å²) in [5.41, 5.74) is -0.158. The molecule has 0 atom stereocenters. The zero-order valence-corrected chi connectivity index (χ0v) is 8.91. The van der Waals surface area contributed by atoms with Gasteiger partial charge in [0.15, 0.2) is 0 Å². The smallest absolute Gasteiger partial charge is 0.246 e. The van der Waals surface area contributed by atoms with Gasteiger partial charge < -0.3 is 14.4 Å². The monoisotopic (exact) mass is 211 g/mol. The van der Waals surface area contributed by atoms with Crippen molar-refractivity contribution in [3.05, 3.63) is 12.7 Å². The molecule has 0 radical (unpaired) electrons. The maximum absolute atomic E-state index is 11.5. The molecule has 0 saturated carbocycles. The Labute approximate surface area is 89.8 Å². The first-order chi connectivity index (χ1) is 7.26. The average molecular weight is 211 g/mol. The summed E-state index contributed by atoms with van der Waals surface area (Å²) >= 11 is 0. The van der Waals surface area contributed by atoms with Crippen molar-refractivity contribution in [3.8, 4) is 0 Å². The molecule has 0 unspecified atom stereocenters. The van der Waals surface area contributed by atoms with Crippen LogP contribution in [0.25, 0.3) is 0 Å². The number of hydrogen-bond acceptors (Lipinski definition) is 3. The van der Waals surface area contributed by atoms with E-state index in [1.807, 2.05) is 4.90 Å². The lowest BCUT2D eigenvalue weighted by Crippen LogP contribution is -2.55. The van der Waals surface area contributed by atoms with E-state index in [9.17, 15) is 4.79 Å². The summed E-state index contributed by atoms with van der Waals surface area (Å²) in [7, 11) is 0. The molecule has 0 bridgehead atoms. The van der Waals surface area contributed by atoms with Crippen molar-refractivity contribution in [1.82, 2.24) is 4.90 Å². The van der Waals surface area contributed by atoms with Crippen LogP contribution in [0.15, 0.2) is 12.7 Å². The first-order valence-electron chi connectivity index (χ1n) is 5.39. The predicted molar refractivity (Wildman–Crippen MR) is 55.5 cm³/mol. The number of rotatable bonds is 1. The van der Waals surface area contributed by atoms with Gasteiger partial charge in [0.2, 0.25) is 5.91 Å². The van der Waals surface area contributed by atoms with Crippen molar-refractivity contribution in [3.63, 3.8) is 0 Å². The second kappa shape index (κ2) is 4.33. The molecular formula is C11H17NO3. The molecule has 4 nitrogen and oxygen atoms in total. The average Bonchev–Trinajstić information content (AvgIpc) is 2.29. The molecule has 0 aromatic heterocycles. The first-order valence-corrected chi connectivity index (χ1v) is 5.39. The lowest BCUT2D eigenvalue weighted by atomic mass is 9.92. The van der Waals surface area contributed by atoms with E-state index in [0.29, 0.717) is 19.7 Å². The highest BCUT2D eigenvalue weighted by Gasteiger charge is 2.39. The van der Waals surface area contributed by atoms with Crippen LogP contribution in [-0.2, 0) is 14.3 Å². The van der Waals surface area contributed by atoms with Crippen LogP contribution in [0.1, 0.15) is 12.8 Å². The zero-order chi connectivity index (χ0) is 10.7. The van der Waals surface area contributed by atoms with Gasteiger partial charge in [0, 0.05) is 32.6 Å². The molecule has 4 heteroatoms. The molecule has 2 aliphatic rings. The normalized spacial score (nSPS) is 25.2. The Morgan fingerprint density at radius 1 is 1.33 bits per heavy atom. The largest absolute Gasteiger partial charge is 0.381 e. The van der Waals surface area contributed by atoms with E-state index in [1.165, 1.54) is 6.08 Å². The molecule has 2 rings (SSSR count). The molecule has 1 spiro atoms. The lowest BCUT2D eigenvalue weighted by Gasteiger charge is -2.44. The van der Waals surface area contributed by atoms with Gasteiger partial charge in [-0.15, -0.1) is 0 Å². The fourth-order valence-corrected chi connectivity index (χ4v) is 2.21. The Balaban J connectivity index is 2.02. The number of nitrogens with zero attached hydrogens (tertiary/aromatic N) is 1. The highest BCUT2D eigenvalue weighted by Crippen LogP contribution is 2.28. The molecule has 0 aromatic rings. The van der Waals surface area contributed by atoms with Crippen LogP contribution in [0.4, 0.5) is 0 Å². The summed E-state index contributed by atoms with van der Waals surface area (Å²) in [5, 5.41) is 0. The van der Waals surface area contributed by atoms with Crippen LogP contribution in [0, 0.1) is 0 Å². The molecule has 84 valence electrons. The predicted octanol–water partition coefficient (Wildman–Crippen LogP) is 0.580. The molecule has 2 aliphatic heterocycles. The summed E-state index contributed by atoms with van der Waals surface area (Å²) in [5.74, 6) is 0.00386. The van der Waals surface area contributed by atoms with Crippen LogP contribution < -0.4 is 0 Å². The minimum atomic E-state index is -0.158. The van der Waals surface area contributed by atoms with Crippen LogP contribution in [-0.4, -0.2) is 49.3 Å². The van der Waals surface area contributed by atoms with Crippen molar-refractivity contribution in [1.29, 1.82) is 0 Å². The zero-order valence-electron chi connectivity index (χ0n) is 8.91. The maximum atomic E-state index is 11.5. The SMILES string of the molecule is C=CC(=O)N1CCOC2(CCOCC2)C1. The summed E-state index contributed by atoms with van der Waals surface area (Å²) in [6.07, 6.45) is 3.14. The Bertz CT molecular complexity index is 253. The van der Waals surface area contributed by atoms with Gasteiger partial charge in [-0.3, -0.25) is 4.79 Å². The molecule has 0 aromatic carbocycles. The Hall–Kier alpha value is -0.870. The van der Waals surface area contributed by atoms with Gasteiger partial charge >= 0.3 is 0 Å². The van der Waals surface area contributed by atoms with Gasteiger partial charge in [0.1, 0.15) is 0 Å². The minimum Gasteiger partial charge on any atom is -0.381 e. The fourth-order valence-electron chi connectivity index (χ4n) is 2.21. The fraction of sp³-hybridized carbons (Fsp3) is 0.727. The summed E-state index contributed by atoms with van der Waals surface area (Å²) < 4.78 is 11.1. The third-order valence-electron chi connectivity index (χ3n) is 3.14. The van der Waals surface area contributed by atoms with Crippen molar-refractivity contribution < 1.29 is 14.3 Å². The highest BCUT2D eigenvalue weighted by molar-refractivity contribution is 5.87. The van der Waals surface area contributed by atoms with E-state index in [-0.39, 0.29) is 11.5 Å². The first kappa shape index (κ1) is 10.6. The number of hydrogen-bond donors (Lipinski definition) is 0. The topological polar surface area (TPSA) is 38.8 Å². The number of amides is 1. The second-order valence-electron chi connectivity index (χ2n) is 4.11. The minimum absolute atomic E-state index is 0.00386. The Morgan fingerprint density at radius 2 is 2.07 bits per heavy atom. The van der Waals surface area contributed by atoms with Gasteiger partial charge in [0.25, 0.3) is 0 Å². The van der Waals surface area contributed by atoms with Crippen molar-refractivity contribution in [2.45, 2.75) is 18.4 Å². The maximum Gasteiger partial charge on any atom is 0.246 e.